The van der Waals surface area contributed by atoms with Gasteiger partial charge in [-0.05, 0) is 104 Å². The van der Waals surface area contributed by atoms with Crippen LogP contribution in [0.1, 0.15) is 69.2 Å². The molecule has 0 bridgehead atoms. The summed E-state index contributed by atoms with van der Waals surface area (Å²) in [5, 5.41) is 0. The molecule has 2 atom stereocenters. The molecular formula is C24H39IN2O4. The van der Waals surface area contributed by atoms with Gasteiger partial charge in [-0.2, -0.15) is 0 Å². The van der Waals surface area contributed by atoms with Gasteiger partial charge in [0, 0.05) is 24.2 Å². The average Bonchev–Trinajstić information content (AvgIpc) is 2.63. The van der Waals surface area contributed by atoms with Gasteiger partial charge < -0.3 is 19.3 Å². The van der Waals surface area contributed by atoms with Gasteiger partial charge in [0.1, 0.15) is 11.5 Å². The first-order valence-electron chi connectivity index (χ1n) is 11.1. The molecule has 0 saturated heterocycles. The van der Waals surface area contributed by atoms with Gasteiger partial charge in [0.2, 0.25) is 0 Å². The minimum Gasteiger partial charge on any atom is -0.480 e. The molecule has 0 aliphatic carbocycles. The van der Waals surface area contributed by atoms with Gasteiger partial charge in [0.25, 0.3) is 11.8 Å². The molecule has 6 nitrogen and oxygen atoms in total. The Morgan fingerprint density at radius 1 is 0.677 bits per heavy atom. The molecule has 176 valence electrons. The highest BCUT2D eigenvalue weighted by molar-refractivity contribution is 14.1. The Balaban J connectivity index is 3.01. The van der Waals surface area contributed by atoms with Crippen LogP contribution in [0, 0.1) is 3.57 Å². The lowest BCUT2D eigenvalue weighted by atomic mass is 10.2. The van der Waals surface area contributed by atoms with E-state index in [0.717, 1.165) is 3.57 Å². The van der Waals surface area contributed by atoms with E-state index in [9.17, 15) is 9.59 Å². The molecule has 0 fully saturated rings. The molecule has 0 unspecified atom stereocenters. The number of rotatable bonds is 10. The van der Waals surface area contributed by atoms with Crippen molar-refractivity contribution < 1.29 is 19.1 Å². The van der Waals surface area contributed by atoms with Gasteiger partial charge >= 0.3 is 0 Å². The quantitative estimate of drug-likeness (QED) is 0.383. The normalized spacial score (nSPS) is 13.5. The Morgan fingerprint density at radius 2 is 0.968 bits per heavy atom. The minimum atomic E-state index is -0.634. The lowest BCUT2D eigenvalue weighted by molar-refractivity contribution is -0.142. The van der Waals surface area contributed by atoms with Crippen molar-refractivity contribution in [2.45, 2.75) is 106 Å². The molecule has 0 saturated carbocycles. The van der Waals surface area contributed by atoms with Crippen molar-refractivity contribution in [2.75, 3.05) is 0 Å². The van der Waals surface area contributed by atoms with Crippen LogP contribution in [0.4, 0.5) is 0 Å². The zero-order valence-electron chi connectivity index (χ0n) is 20.6. The van der Waals surface area contributed by atoms with Crippen molar-refractivity contribution in [3.05, 3.63) is 21.8 Å². The smallest absolute Gasteiger partial charge is 0.263 e. The molecule has 0 spiro atoms. The van der Waals surface area contributed by atoms with Crippen molar-refractivity contribution in [3.63, 3.8) is 0 Å². The predicted octanol–water partition coefficient (Wildman–Crippen LogP) is 5.12. The molecule has 1 aromatic rings. The molecule has 0 aliphatic rings. The number of halogens is 1. The summed E-state index contributed by atoms with van der Waals surface area (Å²) in [5.41, 5.74) is 0. The molecule has 0 N–H and O–H groups in total. The van der Waals surface area contributed by atoms with E-state index in [1.807, 2.05) is 83.4 Å². The summed E-state index contributed by atoms with van der Waals surface area (Å²) in [6.45, 7) is 19.5. The third kappa shape index (κ3) is 7.26. The van der Waals surface area contributed by atoms with Gasteiger partial charge in [0.05, 0.1) is 3.57 Å². The molecule has 31 heavy (non-hydrogen) atoms. The standard InChI is InChI=1S/C24H39IN2O4/c1-14(2)26(15(3)4)23(28)18(9)30-20-12-11-13-21(22(20)25)31-19(10)24(29)27(16(5)6)17(7)8/h11-19H,1-10H3/t18-,19-/m1/s1. The number of carbonyl (C=O) groups is 2. The number of hydrogen-bond donors (Lipinski definition) is 0. The molecule has 0 radical (unpaired) electrons. The second kappa shape index (κ2) is 11.9. The Bertz CT molecular complexity index is 675. The van der Waals surface area contributed by atoms with Crippen molar-refractivity contribution in [3.8, 4) is 11.5 Å². The monoisotopic (exact) mass is 546 g/mol. The van der Waals surface area contributed by atoms with E-state index >= 15 is 0 Å². The first-order valence-corrected chi connectivity index (χ1v) is 12.1. The van der Waals surface area contributed by atoms with E-state index in [4.69, 9.17) is 9.47 Å². The summed E-state index contributed by atoms with van der Waals surface area (Å²) in [6, 6.07) is 5.79. The van der Waals surface area contributed by atoms with Crippen LogP contribution in [-0.2, 0) is 9.59 Å². The molecule has 1 aromatic carbocycles. The van der Waals surface area contributed by atoms with Crippen LogP contribution >= 0.6 is 22.6 Å². The Labute approximate surface area is 201 Å². The van der Waals surface area contributed by atoms with Crippen molar-refractivity contribution in [2.24, 2.45) is 0 Å². The number of benzene rings is 1. The highest BCUT2D eigenvalue weighted by atomic mass is 127. The summed E-state index contributed by atoms with van der Waals surface area (Å²) >= 11 is 2.14. The zero-order valence-corrected chi connectivity index (χ0v) is 22.8. The maximum Gasteiger partial charge on any atom is 0.263 e. The third-order valence-corrected chi connectivity index (χ3v) is 6.03. The topological polar surface area (TPSA) is 59.1 Å². The van der Waals surface area contributed by atoms with Crippen LogP contribution in [0.25, 0.3) is 0 Å². The second-order valence-corrected chi connectivity index (χ2v) is 10.0. The van der Waals surface area contributed by atoms with E-state index in [-0.39, 0.29) is 36.0 Å². The molecule has 7 heteroatoms. The molecule has 1 rings (SSSR count). The van der Waals surface area contributed by atoms with Crippen molar-refractivity contribution >= 4 is 34.4 Å². The van der Waals surface area contributed by atoms with Gasteiger partial charge in [-0.1, -0.05) is 6.07 Å². The molecule has 0 aliphatic heterocycles. The average molecular weight is 546 g/mol. The minimum absolute atomic E-state index is 0.0554. The number of amides is 2. The fourth-order valence-electron chi connectivity index (χ4n) is 3.78. The largest absolute Gasteiger partial charge is 0.480 e. The Kier molecular flexibility index (Phi) is 10.6. The van der Waals surface area contributed by atoms with E-state index < -0.39 is 12.2 Å². The fraction of sp³-hybridized carbons (Fsp3) is 0.667. The maximum atomic E-state index is 12.9. The fourth-order valence-corrected chi connectivity index (χ4v) is 4.40. The highest BCUT2D eigenvalue weighted by Gasteiger charge is 2.29. The number of carbonyl (C=O) groups excluding carboxylic acids is 2. The number of ether oxygens (including phenoxy) is 2. The third-order valence-electron chi connectivity index (χ3n) is 4.97. The Hall–Kier alpha value is -1.51. The molecular weight excluding hydrogens is 507 g/mol. The van der Waals surface area contributed by atoms with Crippen molar-refractivity contribution in [1.29, 1.82) is 0 Å². The van der Waals surface area contributed by atoms with E-state index in [0.29, 0.717) is 11.5 Å². The van der Waals surface area contributed by atoms with E-state index in [2.05, 4.69) is 22.6 Å². The second-order valence-electron chi connectivity index (χ2n) is 8.95. The van der Waals surface area contributed by atoms with Crippen LogP contribution in [0.3, 0.4) is 0 Å². The lowest BCUT2D eigenvalue weighted by Gasteiger charge is -2.33. The van der Waals surface area contributed by atoms with Gasteiger partial charge in [0.15, 0.2) is 12.2 Å². The van der Waals surface area contributed by atoms with E-state index in [1.54, 1.807) is 13.8 Å². The SMILES string of the molecule is CC(C)N(C(=O)[C@@H](C)Oc1cccc(O[C@H](C)C(=O)N(C(C)C)C(C)C)c1I)C(C)C. The Morgan fingerprint density at radius 3 is 1.23 bits per heavy atom. The van der Waals surface area contributed by atoms with Gasteiger partial charge in [-0.3, -0.25) is 9.59 Å². The maximum absolute atomic E-state index is 12.9. The summed E-state index contributed by atoms with van der Waals surface area (Å²) in [4.78, 5) is 29.5. The highest BCUT2D eigenvalue weighted by Crippen LogP contribution is 2.32. The van der Waals surface area contributed by atoms with Crippen molar-refractivity contribution in [1.82, 2.24) is 9.80 Å². The number of nitrogens with zero attached hydrogens (tertiary/aromatic N) is 2. The number of hydrogen-bond acceptors (Lipinski definition) is 4. The first kappa shape index (κ1) is 27.5. The van der Waals surface area contributed by atoms with Crippen LogP contribution in [-0.4, -0.2) is 58.0 Å². The summed E-state index contributed by atoms with van der Waals surface area (Å²) in [6.07, 6.45) is -1.27. The molecule has 0 aromatic heterocycles. The summed E-state index contributed by atoms with van der Waals surface area (Å²) in [5.74, 6) is 1.02. The van der Waals surface area contributed by atoms with Crippen LogP contribution in [0.15, 0.2) is 18.2 Å². The van der Waals surface area contributed by atoms with Crippen LogP contribution in [0.5, 0.6) is 11.5 Å². The summed E-state index contributed by atoms with van der Waals surface area (Å²) < 4.78 is 12.8. The van der Waals surface area contributed by atoms with Gasteiger partial charge in [-0.25, -0.2) is 0 Å². The molecule has 2 amide bonds. The van der Waals surface area contributed by atoms with Crippen LogP contribution < -0.4 is 9.47 Å². The summed E-state index contributed by atoms with van der Waals surface area (Å²) in [7, 11) is 0. The van der Waals surface area contributed by atoms with Crippen LogP contribution in [0.2, 0.25) is 0 Å². The molecule has 0 heterocycles. The van der Waals surface area contributed by atoms with Gasteiger partial charge in [-0.15, -0.1) is 0 Å². The predicted molar refractivity (Wildman–Crippen MR) is 134 cm³/mol. The first-order chi connectivity index (χ1) is 14.3. The lowest BCUT2D eigenvalue weighted by Crippen LogP contribution is -2.48. The van der Waals surface area contributed by atoms with E-state index in [1.165, 1.54) is 0 Å². The zero-order chi connectivity index (χ0) is 24.0.